The van der Waals surface area contributed by atoms with E-state index in [1.165, 1.54) is 77.3 Å². The zero-order valence-corrected chi connectivity index (χ0v) is 11.7. The topological polar surface area (TPSA) is 12.0 Å². The van der Waals surface area contributed by atoms with Gasteiger partial charge >= 0.3 is 0 Å². The molecule has 0 radical (unpaired) electrons. The molecule has 100 valence electrons. The van der Waals surface area contributed by atoms with Crippen LogP contribution in [-0.2, 0) is 0 Å². The summed E-state index contributed by atoms with van der Waals surface area (Å²) >= 11 is 0. The Hall–Kier alpha value is -0.0400. The molecule has 0 atom stereocenters. The summed E-state index contributed by atoms with van der Waals surface area (Å²) in [6, 6.07) is 0. The second-order valence-corrected chi connectivity index (χ2v) is 6.60. The van der Waals surface area contributed by atoms with E-state index in [1.54, 1.807) is 0 Å². The van der Waals surface area contributed by atoms with Crippen LogP contribution >= 0.6 is 0 Å². The minimum Gasteiger partial charge on any atom is -0.317 e. The number of nitrogens with one attached hydrogen (secondary N) is 1. The second kappa shape index (κ2) is 7.41. The highest BCUT2D eigenvalue weighted by molar-refractivity contribution is 4.71. The molecule has 0 aliphatic heterocycles. The highest BCUT2D eigenvalue weighted by Crippen LogP contribution is 2.30. The predicted octanol–water partition coefficient (Wildman–Crippen LogP) is 4.37. The molecule has 0 aromatic heterocycles. The number of hydrogen-bond donors (Lipinski definition) is 1. The van der Waals surface area contributed by atoms with Gasteiger partial charge in [0.2, 0.25) is 0 Å². The normalized spacial score (nSPS) is 30.9. The van der Waals surface area contributed by atoms with Crippen molar-refractivity contribution >= 4 is 0 Å². The van der Waals surface area contributed by atoms with E-state index in [1.807, 2.05) is 0 Å². The lowest BCUT2D eigenvalue weighted by atomic mass is 9.81. The monoisotopic (exact) mass is 237 g/mol. The predicted molar refractivity (Wildman–Crippen MR) is 75.2 cm³/mol. The largest absolute Gasteiger partial charge is 0.317 e. The highest BCUT2D eigenvalue weighted by atomic mass is 14.8. The molecule has 2 aliphatic rings. The van der Waals surface area contributed by atoms with Gasteiger partial charge in [-0.25, -0.2) is 0 Å². The first-order valence-corrected chi connectivity index (χ1v) is 8.05. The van der Waals surface area contributed by atoms with Gasteiger partial charge in [-0.05, 0) is 43.7 Å². The SMILES string of the molecule is CC1CCC(CCNCCC2CCCC2)CC1. The fourth-order valence-corrected chi connectivity index (χ4v) is 3.65. The zero-order valence-electron chi connectivity index (χ0n) is 11.7. The summed E-state index contributed by atoms with van der Waals surface area (Å²) < 4.78 is 0. The molecule has 0 heterocycles. The zero-order chi connectivity index (χ0) is 11.9. The van der Waals surface area contributed by atoms with Crippen molar-refractivity contribution in [1.82, 2.24) is 5.32 Å². The lowest BCUT2D eigenvalue weighted by molar-refractivity contribution is 0.274. The summed E-state index contributed by atoms with van der Waals surface area (Å²) in [7, 11) is 0. The highest BCUT2D eigenvalue weighted by Gasteiger charge is 2.17. The molecule has 1 nitrogen and oxygen atoms in total. The second-order valence-electron chi connectivity index (χ2n) is 6.60. The van der Waals surface area contributed by atoms with Gasteiger partial charge in [0, 0.05) is 0 Å². The van der Waals surface area contributed by atoms with Crippen LogP contribution in [0.5, 0.6) is 0 Å². The molecule has 1 heteroatoms. The van der Waals surface area contributed by atoms with Crippen molar-refractivity contribution in [3.05, 3.63) is 0 Å². The Morgan fingerprint density at radius 1 is 0.765 bits per heavy atom. The Balaban J connectivity index is 1.43. The number of rotatable bonds is 6. The van der Waals surface area contributed by atoms with Crippen molar-refractivity contribution in [2.45, 2.75) is 71.1 Å². The lowest BCUT2D eigenvalue weighted by Gasteiger charge is -2.26. The Bertz CT molecular complexity index is 188. The minimum absolute atomic E-state index is 1.00. The minimum atomic E-state index is 1.00. The van der Waals surface area contributed by atoms with Crippen molar-refractivity contribution in [2.24, 2.45) is 17.8 Å². The fraction of sp³-hybridized carbons (Fsp3) is 1.00. The van der Waals surface area contributed by atoms with Crippen LogP contribution in [0.1, 0.15) is 71.1 Å². The van der Waals surface area contributed by atoms with Crippen molar-refractivity contribution in [3.8, 4) is 0 Å². The van der Waals surface area contributed by atoms with Gasteiger partial charge in [-0.1, -0.05) is 58.3 Å². The third-order valence-corrected chi connectivity index (χ3v) is 5.07. The maximum absolute atomic E-state index is 3.67. The molecule has 2 fully saturated rings. The van der Waals surface area contributed by atoms with Gasteiger partial charge in [0.05, 0.1) is 0 Å². The van der Waals surface area contributed by atoms with E-state index in [-0.39, 0.29) is 0 Å². The van der Waals surface area contributed by atoms with Crippen LogP contribution in [0, 0.1) is 17.8 Å². The molecule has 0 amide bonds. The van der Waals surface area contributed by atoms with Crippen LogP contribution in [-0.4, -0.2) is 13.1 Å². The summed E-state index contributed by atoms with van der Waals surface area (Å²) in [4.78, 5) is 0. The summed E-state index contributed by atoms with van der Waals surface area (Å²) in [5.74, 6) is 3.09. The molecule has 17 heavy (non-hydrogen) atoms. The van der Waals surface area contributed by atoms with Crippen molar-refractivity contribution < 1.29 is 0 Å². The molecule has 1 N–H and O–H groups in total. The maximum atomic E-state index is 3.67. The Labute approximate surface area is 108 Å². The van der Waals surface area contributed by atoms with E-state index in [4.69, 9.17) is 0 Å². The van der Waals surface area contributed by atoms with Crippen LogP contribution in [0.2, 0.25) is 0 Å². The molecule has 0 saturated heterocycles. The van der Waals surface area contributed by atoms with E-state index in [2.05, 4.69) is 12.2 Å². The van der Waals surface area contributed by atoms with Crippen LogP contribution in [0.25, 0.3) is 0 Å². The Morgan fingerprint density at radius 3 is 1.88 bits per heavy atom. The van der Waals surface area contributed by atoms with Crippen LogP contribution in [0.3, 0.4) is 0 Å². The molecule has 0 bridgehead atoms. The third-order valence-electron chi connectivity index (χ3n) is 5.07. The van der Waals surface area contributed by atoms with Gasteiger partial charge < -0.3 is 5.32 Å². The molecule has 2 saturated carbocycles. The van der Waals surface area contributed by atoms with Crippen molar-refractivity contribution in [3.63, 3.8) is 0 Å². The molecule has 2 aliphatic carbocycles. The van der Waals surface area contributed by atoms with Crippen LogP contribution < -0.4 is 5.32 Å². The van der Waals surface area contributed by atoms with Gasteiger partial charge in [-0.2, -0.15) is 0 Å². The summed E-state index contributed by atoms with van der Waals surface area (Å²) in [5, 5.41) is 3.67. The van der Waals surface area contributed by atoms with Gasteiger partial charge in [0.15, 0.2) is 0 Å². The van der Waals surface area contributed by atoms with E-state index in [0.717, 1.165) is 17.8 Å². The first-order valence-electron chi connectivity index (χ1n) is 8.05. The molecule has 2 rings (SSSR count). The third kappa shape index (κ3) is 4.99. The molecular formula is C16H31N. The van der Waals surface area contributed by atoms with Crippen LogP contribution in [0.4, 0.5) is 0 Å². The van der Waals surface area contributed by atoms with E-state index in [0.29, 0.717) is 0 Å². The molecule has 0 unspecified atom stereocenters. The Morgan fingerprint density at radius 2 is 1.29 bits per heavy atom. The summed E-state index contributed by atoms with van der Waals surface area (Å²) in [6.07, 6.45) is 14.8. The molecular weight excluding hydrogens is 206 g/mol. The van der Waals surface area contributed by atoms with Gasteiger partial charge in [-0.15, -0.1) is 0 Å². The van der Waals surface area contributed by atoms with Crippen molar-refractivity contribution in [1.29, 1.82) is 0 Å². The maximum Gasteiger partial charge on any atom is -0.00463 e. The first-order chi connectivity index (χ1) is 8.34. The van der Waals surface area contributed by atoms with Crippen molar-refractivity contribution in [2.75, 3.05) is 13.1 Å². The molecule has 0 aromatic carbocycles. The average Bonchev–Trinajstić information content (AvgIpc) is 2.84. The lowest BCUT2D eigenvalue weighted by Crippen LogP contribution is -2.22. The van der Waals surface area contributed by atoms with E-state index >= 15 is 0 Å². The van der Waals surface area contributed by atoms with Gasteiger partial charge in [0.25, 0.3) is 0 Å². The summed E-state index contributed by atoms with van der Waals surface area (Å²) in [6.45, 7) is 4.95. The molecule has 0 aromatic rings. The van der Waals surface area contributed by atoms with Gasteiger partial charge in [0.1, 0.15) is 0 Å². The smallest absolute Gasteiger partial charge is 0.00463 e. The summed E-state index contributed by atoms with van der Waals surface area (Å²) in [5.41, 5.74) is 0. The van der Waals surface area contributed by atoms with Crippen LogP contribution in [0.15, 0.2) is 0 Å². The fourth-order valence-electron chi connectivity index (χ4n) is 3.65. The standard InChI is InChI=1S/C16H31N/c1-14-6-8-16(9-7-14)11-13-17-12-10-15-4-2-3-5-15/h14-17H,2-13H2,1H3. The molecule has 0 spiro atoms. The van der Waals surface area contributed by atoms with E-state index in [9.17, 15) is 0 Å². The Kier molecular flexibility index (Phi) is 5.84. The average molecular weight is 237 g/mol. The van der Waals surface area contributed by atoms with Gasteiger partial charge in [-0.3, -0.25) is 0 Å². The van der Waals surface area contributed by atoms with E-state index < -0.39 is 0 Å². The number of hydrogen-bond acceptors (Lipinski definition) is 1. The first kappa shape index (κ1) is 13.4. The quantitative estimate of drug-likeness (QED) is 0.676.